The maximum atomic E-state index is 11.7. The number of benzene rings is 1. The van der Waals surface area contributed by atoms with Crippen molar-refractivity contribution in [3.05, 3.63) is 59.7 Å². The van der Waals surface area contributed by atoms with E-state index in [1.807, 2.05) is 31.2 Å². The van der Waals surface area contributed by atoms with Gasteiger partial charge in [0, 0.05) is 25.7 Å². The zero-order chi connectivity index (χ0) is 18.1. The number of nitrogens with one attached hydrogen (secondary N) is 1. The van der Waals surface area contributed by atoms with Crippen LogP contribution in [0.2, 0.25) is 0 Å². The van der Waals surface area contributed by atoms with E-state index in [9.17, 15) is 9.59 Å². The third kappa shape index (κ3) is 6.55. The Kier molecular flexibility index (Phi) is 7.41. The lowest BCUT2D eigenvalue weighted by molar-refractivity contribution is -0.123. The molecule has 2 rings (SSSR count). The highest BCUT2D eigenvalue weighted by molar-refractivity contribution is 5.87. The molecule has 1 aromatic rings. The first-order valence-corrected chi connectivity index (χ1v) is 8.75. The van der Waals surface area contributed by atoms with Crippen LogP contribution in [-0.2, 0) is 22.7 Å². The Labute approximate surface area is 149 Å². The number of rotatable bonds is 7. The third-order valence-electron chi connectivity index (χ3n) is 4.32. The molecule has 0 radical (unpaired) electrons. The van der Waals surface area contributed by atoms with E-state index < -0.39 is 0 Å². The summed E-state index contributed by atoms with van der Waals surface area (Å²) in [6, 6.07) is 8.18. The van der Waals surface area contributed by atoms with Crippen molar-refractivity contribution in [2.24, 2.45) is 11.7 Å². The Morgan fingerprint density at radius 3 is 2.88 bits per heavy atom. The van der Waals surface area contributed by atoms with Crippen LogP contribution in [0.3, 0.4) is 0 Å². The Bertz CT molecular complexity index is 652. The smallest absolute Gasteiger partial charge is 0.244 e. The van der Waals surface area contributed by atoms with E-state index in [0.29, 0.717) is 6.54 Å². The third-order valence-corrected chi connectivity index (χ3v) is 4.32. The van der Waals surface area contributed by atoms with Gasteiger partial charge >= 0.3 is 0 Å². The molecule has 1 aromatic carbocycles. The summed E-state index contributed by atoms with van der Waals surface area (Å²) >= 11 is 0. The highest BCUT2D eigenvalue weighted by atomic mass is 16.1. The molecule has 2 amide bonds. The lowest BCUT2D eigenvalue weighted by atomic mass is 9.97. The first kappa shape index (κ1) is 18.9. The van der Waals surface area contributed by atoms with E-state index in [4.69, 9.17) is 5.73 Å². The first-order chi connectivity index (χ1) is 12.1. The van der Waals surface area contributed by atoms with Crippen molar-refractivity contribution < 1.29 is 9.59 Å². The van der Waals surface area contributed by atoms with E-state index in [-0.39, 0.29) is 17.7 Å². The van der Waals surface area contributed by atoms with E-state index in [2.05, 4.69) is 22.3 Å². The van der Waals surface area contributed by atoms with Gasteiger partial charge in [-0.15, -0.1) is 0 Å². The molecule has 25 heavy (non-hydrogen) atoms. The predicted octanol–water partition coefficient (Wildman–Crippen LogP) is 2.13. The van der Waals surface area contributed by atoms with Gasteiger partial charge in [-0.25, -0.2) is 0 Å². The van der Waals surface area contributed by atoms with Crippen molar-refractivity contribution in [3.63, 3.8) is 0 Å². The zero-order valence-corrected chi connectivity index (χ0v) is 14.8. The molecule has 0 spiro atoms. The van der Waals surface area contributed by atoms with Crippen LogP contribution < -0.4 is 11.1 Å². The fourth-order valence-corrected chi connectivity index (χ4v) is 3.03. The summed E-state index contributed by atoms with van der Waals surface area (Å²) in [5.41, 5.74) is 7.69. The van der Waals surface area contributed by atoms with Crippen LogP contribution in [0.4, 0.5) is 0 Å². The molecule has 1 atom stereocenters. The van der Waals surface area contributed by atoms with Crippen molar-refractivity contribution >= 4 is 11.8 Å². The summed E-state index contributed by atoms with van der Waals surface area (Å²) in [5.74, 6) is -0.351. The highest BCUT2D eigenvalue weighted by Crippen LogP contribution is 2.18. The summed E-state index contributed by atoms with van der Waals surface area (Å²) in [7, 11) is 0. The van der Waals surface area contributed by atoms with Gasteiger partial charge in [0.25, 0.3) is 0 Å². The summed E-state index contributed by atoms with van der Waals surface area (Å²) in [6.07, 6.45) is 8.81. The quantitative estimate of drug-likeness (QED) is 0.589. The number of hydrogen-bond donors (Lipinski definition) is 2. The highest BCUT2D eigenvalue weighted by Gasteiger charge is 2.23. The molecular formula is C20H27N3O2. The summed E-state index contributed by atoms with van der Waals surface area (Å²) in [5, 5.41) is 2.88. The summed E-state index contributed by atoms with van der Waals surface area (Å²) in [4.78, 5) is 25.4. The lowest BCUT2D eigenvalue weighted by Gasteiger charge is -2.31. The Morgan fingerprint density at radius 1 is 1.32 bits per heavy atom. The SMILES string of the molecule is C/C=C/C=C/C(=O)NCc1cccc(CN2CCCC(C(N)=O)C2)c1. The van der Waals surface area contributed by atoms with E-state index in [0.717, 1.165) is 38.0 Å². The molecule has 134 valence electrons. The molecule has 3 N–H and O–H groups in total. The number of nitrogens with two attached hydrogens (primary N) is 1. The number of hydrogen-bond acceptors (Lipinski definition) is 3. The Balaban J connectivity index is 1.88. The van der Waals surface area contributed by atoms with Crippen molar-refractivity contribution in [3.8, 4) is 0 Å². The second kappa shape index (κ2) is 9.79. The summed E-state index contributed by atoms with van der Waals surface area (Å²) in [6.45, 7) is 4.91. The Hall–Kier alpha value is -2.40. The van der Waals surface area contributed by atoms with Crippen molar-refractivity contribution in [2.75, 3.05) is 13.1 Å². The normalized spacial score (nSPS) is 18.7. The number of primary amides is 1. The second-order valence-corrected chi connectivity index (χ2v) is 6.40. The molecule has 1 fully saturated rings. The standard InChI is InChI=1S/C20H27N3O2/c1-2-3-4-10-19(24)22-13-16-7-5-8-17(12-16)14-23-11-6-9-18(15-23)20(21)25/h2-5,7-8,10,12,18H,6,9,11,13-15H2,1H3,(H2,21,25)(H,22,24)/b3-2+,10-4+. The molecule has 1 aliphatic rings. The molecule has 5 nitrogen and oxygen atoms in total. The molecule has 1 heterocycles. The molecular weight excluding hydrogens is 314 g/mol. The monoisotopic (exact) mass is 341 g/mol. The van der Waals surface area contributed by atoms with Gasteiger partial charge in [0.15, 0.2) is 0 Å². The van der Waals surface area contributed by atoms with Gasteiger partial charge in [0.05, 0.1) is 5.92 Å². The van der Waals surface area contributed by atoms with Crippen molar-refractivity contribution in [2.45, 2.75) is 32.9 Å². The molecule has 1 unspecified atom stereocenters. The molecule has 0 saturated carbocycles. The number of piperidine rings is 1. The number of carbonyl (C=O) groups is 2. The van der Waals surface area contributed by atoms with Gasteiger partial charge in [0.2, 0.25) is 11.8 Å². The molecule has 5 heteroatoms. The van der Waals surface area contributed by atoms with Crippen LogP contribution in [0, 0.1) is 5.92 Å². The van der Waals surface area contributed by atoms with Gasteiger partial charge in [0.1, 0.15) is 0 Å². The molecule has 1 saturated heterocycles. The molecule has 0 aromatic heterocycles. The van der Waals surface area contributed by atoms with Crippen LogP contribution in [0.1, 0.15) is 30.9 Å². The van der Waals surface area contributed by atoms with Gasteiger partial charge in [-0.3, -0.25) is 14.5 Å². The number of carbonyl (C=O) groups excluding carboxylic acids is 2. The largest absolute Gasteiger partial charge is 0.369 e. The van der Waals surface area contributed by atoms with Crippen LogP contribution >= 0.6 is 0 Å². The average molecular weight is 341 g/mol. The molecule has 0 bridgehead atoms. The van der Waals surface area contributed by atoms with E-state index >= 15 is 0 Å². The fourth-order valence-electron chi connectivity index (χ4n) is 3.03. The van der Waals surface area contributed by atoms with Crippen molar-refractivity contribution in [1.29, 1.82) is 0 Å². The Morgan fingerprint density at radius 2 is 2.12 bits per heavy atom. The number of nitrogens with zero attached hydrogens (tertiary/aromatic N) is 1. The average Bonchev–Trinajstić information content (AvgIpc) is 2.61. The lowest BCUT2D eigenvalue weighted by Crippen LogP contribution is -2.40. The van der Waals surface area contributed by atoms with Gasteiger partial charge in [-0.2, -0.15) is 0 Å². The zero-order valence-electron chi connectivity index (χ0n) is 14.8. The van der Waals surface area contributed by atoms with Gasteiger partial charge in [-0.05, 0) is 37.4 Å². The van der Waals surface area contributed by atoms with Crippen LogP contribution in [0.15, 0.2) is 48.6 Å². The minimum Gasteiger partial charge on any atom is -0.369 e. The van der Waals surface area contributed by atoms with Crippen LogP contribution in [0.5, 0.6) is 0 Å². The van der Waals surface area contributed by atoms with Crippen molar-refractivity contribution in [1.82, 2.24) is 10.2 Å². The summed E-state index contributed by atoms with van der Waals surface area (Å²) < 4.78 is 0. The van der Waals surface area contributed by atoms with Crippen LogP contribution in [-0.4, -0.2) is 29.8 Å². The maximum absolute atomic E-state index is 11.7. The predicted molar refractivity (Wildman–Crippen MR) is 99.4 cm³/mol. The van der Waals surface area contributed by atoms with Gasteiger partial charge < -0.3 is 11.1 Å². The van der Waals surface area contributed by atoms with Crippen LogP contribution in [0.25, 0.3) is 0 Å². The van der Waals surface area contributed by atoms with Gasteiger partial charge in [-0.1, -0.05) is 42.5 Å². The topological polar surface area (TPSA) is 75.4 Å². The molecule has 0 aliphatic carbocycles. The first-order valence-electron chi connectivity index (χ1n) is 8.75. The number of likely N-dealkylation sites (tertiary alicyclic amines) is 1. The number of allylic oxidation sites excluding steroid dienone is 3. The minimum absolute atomic E-state index is 0.0415. The second-order valence-electron chi connectivity index (χ2n) is 6.40. The molecule has 1 aliphatic heterocycles. The fraction of sp³-hybridized carbons (Fsp3) is 0.400. The van der Waals surface area contributed by atoms with E-state index in [1.165, 1.54) is 11.6 Å². The minimum atomic E-state index is -0.202. The number of amides is 2. The van der Waals surface area contributed by atoms with E-state index in [1.54, 1.807) is 6.08 Å². The maximum Gasteiger partial charge on any atom is 0.244 e.